The van der Waals surface area contributed by atoms with Crippen LogP contribution in [-0.2, 0) is 15.7 Å². The number of esters is 1. The summed E-state index contributed by atoms with van der Waals surface area (Å²) in [6.45, 7) is 4.80. The third kappa shape index (κ3) is 7.03. The van der Waals surface area contributed by atoms with Crippen molar-refractivity contribution >= 4 is 34.8 Å². The van der Waals surface area contributed by atoms with Crippen LogP contribution in [0.5, 0.6) is 0 Å². The van der Waals surface area contributed by atoms with Crippen molar-refractivity contribution in [1.82, 2.24) is 24.4 Å². The lowest BCUT2D eigenvalue weighted by Gasteiger charge is -2.31. The molecule has 1 aliphatic heterocycles. The molecule has 2 aromatic carbocycles. The Bertz CT molecular complexity index is 1700. The molecule has 0 atom stereocenters. The van der Waals surface area contributed by atoms with Gasteiger partial charge in [-0.05, 0) is 50.4 Å². The molecule has 0 bridgehead atoms. The van der Waals surface area contributed by atoms with Gasteiger partial charge in [-0.25, -0.2) is 14.3 Å². The van der Waals surface area contributed by atoms with Crippen LogP contribution < -0.4 is 10.6 Å². The molecule has 1 saturated heterocycles. The van der Waals surface area contributed by atoms with Gasteiger partial charge in [0, 0.05) is 54.9 Å². The highest BCUT2D eigenvalue weighted by Crippen LogP contribution is 2.32. The van der Waals surface area contributed by atoms with Crippen molar-refractivity contribution in [2.75, 3.05) is 57.0 Å². The molecule has 1 fully saturated rings. The number of alkyl halides is 3. The summed E-state index contributed by atoms with van der Waals surface area (Å²) < 4.78 is 47.8. The smallest absolute Gasteiger partial charge is 0.416 e. The van der Waals surface area contributed by atoms with Crippen LogP contribution in [0, 0.1) is 0 Å². The molecule has 3 heterocycles. The highest BCUT2D eigenvalue weighted by molar-refractivity contribution is 6.06. The Hall–Kier alpha value is -4.82. The summed E-state index contributed by atoms with van der Waals surface area (Å²) in [5.41, 5.74) is 0.430. The van der Waals surface area contributed by atoms with E-state index in [9.17, 15) is 27.6 Å². The Balaban J connectivity index is 1.36. The number of ether oxygens (including phenoxy) is 1. The molecule has 0 spiro atoms. The Morgan fingerprint density at radius 3 is 2.48 bits per heavy atom. The number of aromatic nitrogens is 3. The van der Waals surface area contributed by atoms with Crippen LogP contribution in [0.2, 0.25) is 0 Å². The largest absolute Gasteiger partial charge is 0.462 e. The molecule has 0 unspecified atom stereocenters. The van der Waals surface area contributed by atoms with Gasteiger partial charge in [0.2, 0.25) is 5.91 Å². The van der Waals surface area contributed by atoms with E-state index in [1.807, 2.05) is 11.9 Å². The Morgan fingerprint density at radius 1 is 0.977 bits per heavy atom. The van der Waals surface area contributed by atoms with Gasteiger partial charge in [0.05, 0.1) is 30.6 Å². The predicted octanol–water partition coefficient (Wildman–Crippen LogP) is 4.03. The molecule has 1 aliphatic rings. The fourth-order valence-electron chi connectivity index (χ4n) is 4.83. The average molecular weight is 610 g/mol. The normalized spacial score (nSPS) is 14.4. The van der Waals surface area contributed by atoms with Crippen LogP contribution >= 0.6 is 0 Å². The lowest BCUT2D eigenvalue weighted by atomic mass is 10.1. The number of hydrogen-bond donors (Lipinski definition) is 2. The third-order valence-corrected chi connectivity index (χ3v) is 7.08. The number of carbonyl (C=O) groups excluding carboxylic acids is 3. The van der Waals surface area contributed by atoms with Gasteiger partial charge in [-0.1, -0.05) is 12.1 Å². The molecule has 2 aromatic heterocycles. The number of nitrogens with zero attached hydrogens (tertiary/aromatic N) is 5. The number of piperazine rings is 1. The van der Waals surface area contributed by atoms with Crippen LogP contribution in [0.25, 0.3) is 16.9 Å². The highest BCUT2D eigenvalue weighted by Gasteiger charge is 2.32. The molecule has 44 heavy (non-hydrogen) atoms. The SMILES string of the molecule is CCOC(=O)c1cnn2c(-c3cccc(NC(=O)c4cc(NC(=O)CN5CCN(C)CC5)cc(C(F)(F)F)c4)c3)ccnc12. The van der Waals surface area contributed by atoms with Crippen molar-refractivity contribution < 1.29 is 32.3 Å². The average Bonchev–Trinajstić information content (AvgIpc) is 3.43. The Labute approximate surface area is 250 Å². The third-order valence-electron chi connectivity index (χ3n) is 7.08. The minimum atomic E-state index is -4.74. The number of anilines is 2. The number of nitrogens with one attached hydrogen (secondary N) is 2. The standard InChI is InChI=1S/C30H30F3N7O4/c1-3-44-29(43)24-17-35-40-25(7-8-34-27(24)40)19-5-4-6-22(14-19)37-28(42)20-13-21(30(31,32)33)16-23(15-20)36-26(41)18-39-11-9-38(2)10-12-39/h4-8,13-17H,3,9-12,18H2,1-2H3,(H,36,41)(H,37,42). The van der Waals surface area contributed by atoms with E-state index in [-0.39, 0.29) is 35.6 Å². The van der Waals surface area contributed by atoms with Gasteiger partial charge in [0.25, 0.3) is 5.91 Å². The second kappa shape index (κ2) is 12.8. The predicted molar refractivity (Wildman–Crippen MR) is 156 cm³/mol. The number of fused-ring (bicyclic) bond motifs is 1. The maximum atomic E-state index is 13.7. The highest BCUT2D eigenvalue weighted by atomic mass is 19.4. The van der Waals surface area contributed by atoms with Crippen molar-refractivity contribution in [1.29, 1.82) is 0 Å². The summed E-state index contributed by atoms with van der Waals surface area (Å²) in [6.07, 6.45) is -1.89. The zero-order chi connectivity index (χ0) is 31.4. The van der Waals surface area contributed by atoms with Crippen LogP contribution in [0.3, 0.4) is 0 Å². The summed E-state index contributed by atoms with van der Waals surface area (Å²) in [6, 6.07) is 11.0. The summed E-state index contributed by atoms with van der Waals surface area (Å²) in [7, 11) is 1.98. The topological polar surface area (TPSA) is 121 Å². The minimum absolute atomic E-state index is 0.0260. The first-order chi connectivity index (χ1) is 21.0. The fourth-order valence-corrected chi connectivity index (χ4v) is 4.83. The summed E-state index contributed by atoms with van der Waals surface area (Å²) >= 11 is 0. The molecule has 2 amide bonds. The van der Waals surface area contributed by atoms with Crippen molar-refractivity contribution in [3.05, 3.63) is 77.6 Å². The van der Waals surface area contributed by atoms with Crippen LogP contribution in [0.15, 0.2) is 60.9 Å². The Kier molecular flexibility index (Phi) is 8.92. The van der Waals surface area contributed by atoms with Gasteiger partial charge >= 0.3 is 12.1 Å². The van der Waals surface area contributed by atoms with E-state index in [4.69, 9.17) is 4.74 Å². The maximum absolute atomic E-state index is 13.7. The van der Waals surface area contributed by atoms with Gasteiger partial charge in [0.15, 0.2) is 5.65 Å². The number of likely N-dealkylation sites (N-methyl/N-ethyl adjacent to an activating group) is 1. The second-order valence-electron chi connectivity index (χ2n) is 10.3. The van der Waals surface area contributed by atoms with E-state index in [0.29, 0.717) is 30.0 Å². The van der Waals surface area contributed by atoms with E-state index >= 15 is 0 Å². The first kappa shape index (κ1) is 30.6. The van der Waals surface area contributed by atoms with E-state index in [1.54, 1.807) is 37.3 Å². The number of carbonyl (C=O) groups is 3. The maximum Gasteiger partial charge on any atom is 0.416 e. The van der Waals surface area contributed by atoms with Gasteiger partial charge in [-0.3, -0.25) is 14.5 Å². The molecule has 0 saturated carbocycles. The zero-order valence-corrected chi connectivity index (χ0v) is 24.0. The molecule has 0 aliphatic carbocycles. The molecular weight excluding hydrogens is 579 g/mol. The molecule has 0 radical (unpaired) electrons. The number of halogens is 3. The van der Waals surface area contributed by atoms with Gasteiger partial charge in [0.1, 0.15) is 5.56 Å². The van der Waals surface area contributed by atoms with Crippen LogP contribution in [0.1, 0.15) is 33.2 Å². The van der Waals surface area contributed by atoms with E-state index in [1.165, 1.54) is 23.0 Å². The zero-order valence-electron chi connectivity index (χ0n) is 24.0. The van der Waals surface area contributed by atoms with E-state index in [2.05, 4.69) is 25.6 Å². The minimum Gasteiger partial charge on any atom is -0.462 e. The van der Waals surface area contributed by atoms with Gasteiger partial charge < -0.3 is 20.3 Å². The quantitative estimate of drug-likeness (QED) is 0.288. The van der Waals surface area contributed by atoms with Crippen molar-refractivity contribution in [2.45, 2.75) is 13.1 Å². The lowest BCUT2D eigenvalue weighted by molar-refractivity contribution is -0.137. The van der Waals surface area contributed by atoms with Crippen LogP contribution in [0.4, 0.5) is 24.5 Å². The van der Waals surface area contributed by atoms with E-state index in [0.717, 1.165) is 25.2 Å². The first-order valence-electron chi connectivity index (χ1n) is 13.9. The molecule has 2 N–H and O–H groups in total. The number of amides is 2. The summed E-state index contributed by atoms with van der Waals surface area (Å²) in [4.78, 5) is 46.4. The molecule has 5 rings (SSSR count). The number of hydrogen-bond acceptors (Lipinski definition) is 8. The number of rotatable bonds is 8. The van der Waals surface area contributed by atoms with Crippen molar-refractivity contribution in [3.8, 4) is 11.3 Å². The molecule has 14 heteroatoms. The van der Waals surface area contributed by atoms with Gasteiger partial charge in [-0.15, -0.1) is 0 Å². The molecule has 230 valence electrons. The first-order valence-corrected chi connectivity index (χ1v) is 13.9. The molecule has 4 aromatic rings. The van der Waals surface area contributed by atoms with Crippen molar-refractivity contribution in [3.63, 3.8) is 0 Å². The molecular formula is C30H30F3N7O4. The van der Waals surface area contributed by atoms with E-state index < -0.39 is 29.5 Å². The number of benzene rings is 2. The fraction of sp³-hybridized carbons (Fsp3) is 0.300. The monoisotopic (exact) mass is 609 g/mol. The lowest BCUT2D eigenvalue weighted by Crippen LogP contribution is -2.47. The van der Waals surface area contributed by atoms with Crippen LogP contribution in [-0.4, -0.2) is 88.6 Å². The summed E-state index contributed by atoms with van der Waals surface area (Å²) in [5, 5.41) is 9.41. The Morgan fingerprint density at radius 2 is 1.75 bits per heavy atom. The molecule has 11 nitrogen and oxygen atoms in total. The van der Waals surface area contributed by atoms with Gasteiger partial charge in [-0.2, -0.15) is 18.3 Å². The second-order valence-corrected chi connectivity index (χ2v) is 10.3. The van der Waals surface area contributed by atoms with Crippen molar-refractivity contribution in [2.24, 2.45) is 0 Å². The summed E-state index contributed by atoms with van der Waals surface area (Å²) in [5.74, 6) is -1.84.